The summed E-state index contributed by atoms with van der Waals surface area (Å²) in [5.74, 6) is 3.44. The summed E-state index contributed by atoms with van der Waals surface area (Å²) in [6.45, 7) is 2.31. The van der Waals surface area contributed by atoms with Crippen molar-refractivity contribution in [1.82, 2.24) is 5.32 Å². The maximum atomic E-state index is 12.5. The number of ether oxygens (including phenoxy) is 2. The highest BCUT2D eigenvalue weighted by atomic mass is 16.7. The van der Waals surface area contributed by atoms with Crippen LogP contribution in [0.1, 0.15) is 44.2 Å². The van der Waals surface area contributed by atoms with Gasteiger partial charge in [0.1, 0.15) is 0 Å². The largest absolute Gasteiger partial charge is 0.454 e. The topological polar surface area (TPSA) is 47.6 Å². The van der Waals surface area contributed by atoms with Crippen molar-refractivity contribution < 1.29 is 14.3 Å². The number of rotatable bonds is 3. The summed E-state index contributed by atoms with van der Waals surface area (Å²) in [4.78, 5) is 12.5. The van der Waals surface area contributed by atoms with Crippen LogP contribution in [-0.4, -0.2) is 12.7 Å². The Morgan fingerprint density at radius 3 is 2.86 bits per heavy atom. The number of amides is 1. The summed E-state index contributed by atoms with van der Waals surface area (Å²) in [7, 11) is 0. The van der Waals surface area contributed by atoms with E-state index in [-0.39, 0.29) is 24.7 Å². The van der Waals surface area contributed by atoms with Gasteiger partial charge in [0, 0.05) is 5.92 Å². The second-order valence-electron chi connectivity index (χ2n) is 6.62. The Labute approximate surface area is 124 Å². The zero-order valence-corrected chi connectivity index (χ0v) is 12.3. The van der Waals surface area contributed by atoms with E-state index in [1.54, 1.807) is 0 Å². The molecule has 3 aliphatic rings. The second kappa shape index (κ2) is 4.93. The highest BCUT2D eigenvalue weighted by Crippen LogP contribution is 2.48. The van der Waals surface area contributed by atoms with E-state index >= 15 is 0 Å². The van der Waals surface area contributed by atoms with Gasteiger partial charge in [-0.3, -0.25) is 4.79 Å². The molecular formula is C17H21NO3. The van der Waals surface area contributed by atoms with Crippen LogP contribution >= 0.6 is 0 Å². The summed E-state index contributed by atoms with van der Waals surface area (Å²) in [5, 5.41) is 3.18. The lowest BCUT2D eigenvalue weighted by Crippen LogP contribution is -2.35. The Balaban J connectivity index is 1.43. The molecule has 4 nitrogen and oxygen atoms in total. The van der Waals surface area contributed by atoms with E-state index in [4.69, 9.17) is 9.47 Å². The van der Waals surface area contributed by atoms with E-state index in [0.29, 0.717) is 5.92 Å². The third-order valence-electron chi connectivity index (χ3n) is 5.33. The van der Waals surface area contributed by atoms with Crippen LogP contribution in [0.2, 0.25) is 0 Å². The first-order valence-electron chi connectivity index (χ1n) is 7.90. The maximum absolute atomic E-state index is 12.5. The normalized spacial score (nSPS) is 30.4. The lowest BCUT2D eigenvalue weighted by molar-refractivity contribution is -0.127. The number of fused-ring (bicyclic) bond motifs is 3. The zero-order chi connectivity index (χ0) is 14.4. The van der Waals surface area contributed by atoms with Crippen molar-refractivity contribution in [3.05, 3.63) is 23.8 Å². The predicted octanol–water partition coefficient (Wildman–Crippen LogP) is 3.03. The molecule has 2 bridgehead atoms. The molecule has 4 rings (SSSR count). The molecular weight excluding hydrogens is 266 g/mol. The fraction of sp³-hybridized carbons (Fsp3) is 0.588. The van der Waals surface area contributed by atoms with Crippen LogP contribution in [0.5, 0.6) is 11.5 Å². The zero-order valence-electron chi connectivity index (χ0n) is 12.3. The van der Waals surface area contributed by atoms with Crippen molar-refractivity contribution in [3.8, 4) is 11.5 Å². The van der Waals surface area contributed by atoms with E-state index in [1.807, 2.05) is 25.1 Å². The van der Waals surface area contributed by atoms with Gasteiger partial charge in [-0.15, -0.1) is 0 Å². The van der Waals surface area contributed by atoms with Crippen molar-refractivity contribution in [3.63, 3.8) is 0 Å². The van der Waals surface area contributed by atoms with Crippen LogP contribution in [0.3, 0.4) is 0 Å². The van der Waals surface area contributed by atoms with Crippen molar-refractivity contribution in [2.75, 3.05) is 6.79 Å². The molecule has 2 aliphatic carbocycles. The molecule has 1 aromatic carbocycles. The van der Waals surface area contributed by atoms with Gasteiger partial charge in [-0.25, -0.2) is 0 Å². The van der Waals surface area contributed by atoms with Crippen LogP contribution in [0.4, 0.5) is 0 Å². The number of carbonyl (C=O) groups excluding carboxylic acids is 1. The van der Waals surface area contributed by atoms with Crippen LogP contribution in [0.25, 0.3) is 0 Å². The lowest BCUT2D eigenvalue weighted by atomic mass is 9.88. The molecule has 0 spiro atoms. The Kier molecular flexibility index (Phi) is 3.05. The lowest BCUT2D eigenvalue weighted by Gasteiger charge is -2.23. The minimum absolute atomic E-state index is 0.00567. The van der Waals surface area contributed by atoms with E-state index < -0.39 is 0 Å². The Morgan fingerprint density at radius 1 is 1.24 bits per heavy atom. The molecule has 0 saturated heterocycles. The van der Waals surface area contributed by atoms with Crippen molar-refractivity contribution in [2.45, 2.75) is 38.6 Å². The second-order valence-corrected chi connectivity index (χ2v) is 6.62. The first kappa shape index (κ1) is 13.0. The van der Waals surface area contributed by atoms with Gasteiger partial charge in [0.2, 0.25) is 12.7 Å². The molecule has 21 heavy (non-hydrogen) atoms. The van der Waals surface area contributed by atoms with Crippen LogP contribution in [-0.2, 0) is 4.79 Å². The van der Waals surface area contributed by atoms with Gasteiger partial charge in [-0.2, -0.15) is 0 Å². The van der Waals surface area contributed by atoms with Crippen molar-refractivity contribution in [2.24, 2.45) is 17.8 Å². The Bertz CT molecular complexity index is 571. The van der Waals surface area contributed by atoms with Gasteiger partial charge >= 0.3 is 0 Å². The third kappa shape index (κ3) is 2.27. The SMILES string of the molecule is CC(NC(=O)C1CC2CCC1C2)c1ccc2c(c1)OCO2. The van der Waals surface area contributed by atoms with Gasteiger partial charge in [-0.05, 0) is 55.7 Å². The fourth-order valence-electron chi connectivity index (χ4n) is 4.15. The van der Waals surface area contributed by atoms with E-state index in [2.05, 4.69) is 5.32 Å². The van der Waals surface area contributed by atoms with Gasteiger partial charge < -0.3 is 14.8 Å². The summed E-state index contributed by atoms with van der Waals surface area (Å²) in [5.41, 5.74) is 1.07. The van der Waals surface area contributed by atoms with Crippen molar-refractivity contribution in [1.29, 1.82) is 0 Å². The Morgan fingerprint density at radius 2 is 2.10 bits per heavy atom. The van der Waals surface area contributed by atoms with E-state index in [0.717, 1.165) is 29.4 Å². The molecule has 2 fully saturated rings. The Hall–Kier alpha value is -1.71. The third-order valence-corrected chi connectivity index (χ3v) is 5.33. The fourth-order valence-corrected chi connectivity index (χ4v) is 4.15. The predicted molar refractivity (Wildman–Crippen MR) is 78.1 cm³/mol. The summed E-state index contributed by atoms with van der Waals surface area (Å²) in [6.07, 6.45) is 4.91. The minimum Gasteiger partial charge on any atom is -0.454 e. The van der Waals surface area contributed by atoms with Crippen LogP contribution in [0.15, 0.2) is 18.2 Å². The van der Waals surface area contributed by atoms with Gasteiger partial charge in [0.15, 0.2) is 11.5 Å². The molecule has 4 heteroatoms. The molecule has 112 valence electrons. The number of benzene rings is 1. The average molecular weight is 287 g/mol. The first-order valence-corrected chi connectivity index (χ1v) is 7.90. The standard InChI is InChI=1S/C17H21NO3/c1-10(12-4-5-15-16(8-12)21-9-20-15)18-17(19)14-7-11-2-3-13(14)6-11/h4-5,8,10-11,13-14H,2-3,6-7,9H2,1H3,(H,18,19). The molecule has 0 radical (unpaired) electrons. The molecule has 1 aromatic rings. The summed E-state index contributed by atoms with van der Waals surface area (Å²) in [6, 6.07) is 5.89. The minimum atomic E-state index is 0.00567. The van der Waals surface area contributed by atoms with Crippen LogP contribution in [0, 0.1) is 17.8 Å². The van der Waals surface area contributed by atoms with Gasteiger partial charge in [-0.1, -0.05) is 12.5 Å². The summed E-state index contributed by atoms with van der Waals surface area (Å²) >= 11 is 0. The molecule has 1 N–H and O–H groups in total. The van der Waals surface area contributed by atoms with Gasteiger partial charge in [0.25, 0.3) is 0 Å². The van der Waals surface area contributed by atoms with E-state index in [9.17, 15) is 4.79 Å². The molecule has 4 atom stereocenters. The highest BCUT2D eigenvalue weighted by Gasteiger charge is 2.43. The maximum Gasteiger partial charge on any atom is 0.231 e. The molecule has 1 aliphatic heterocycles. The number of hydrogen-bond acceptors (Lipinski definition) is 3. The molecule has 1 amide bonds. The highest BCUT2D eigenvalue weighted by molar-refractivity contribution is 5.80. The monoisotopic (exact) mass is 287 g/mol. The molecule has 1 heterocycles. The van der Waals surface area contributed by atoms with Crippen LogP contribution < -0.4 is 14.8 Å². The quantitative estimate of drug-likeness (QED) is 0.929. The van der Waals surface area contributed by atoms with Crippen molar-refractivity contribution >= 4 is 5.91 Å². The number of carbonyl (C=O) groups is 1. The molecule has 2 saturated carbocycles. The van der Waals surface area contributed by atoms with E-state index in [1.165, 1.54) is 19.3 Å². The summed E-state index contributed by atoms with van der Waals surface area (Å²) < 4.78 is 10.7. The average Bonchev–Trinajstić information content (AvgIpc) is 3.21. The number of hydrogen-bond donors (Lipinski definition) is 1. The smallest absolute Gasteiger partial charge is 0.231 e. The molecule has 0 aromatic heterocycles. The molecule has 4 unspecified atom stereocenters. The van der Waals surface area contributed by atoms with Gasteiger partial charge in [0.05, 0.1) is 6.04 Å². The first-order chi connectivity index (χ1) is 10.2. The number of nitrogens with one attached hydrogen (secondary N) is 1.